The highest BCUT2D eigenvalue weighted by molar-refractivity contribution is 7.10. The molecule has 0 fully saturated rings. The van der Waals surface area contributed by atoms with Crippen molar-refractivity contribution >= 4 is 17.2 Å². The van der Waals surface area contributed by atoms with Crippen molar-refractivity contribution in [2.24, 2.45) is 5.73 Å². The zero-order chi connectivity index (χ0) is 12.5. The van der Waals surface area contributed by atoms with Gasteiger partial charge in [-0.3, -0.25) is 4.79 Å². The van der Waals surface area contributed by atoms with Crippen molar-refractivity contribution in [3.8, 4) is 0 Å². The molecule has 3 rings (SSSR count). The number of hydrogen-bond donors (Lipinski definition) is 1. The van der Waals surface area contributed by atoms with Gasteiger partial charge in [-0.15, -0.1) is 11.3 Å². The van der Waals surface area contributed by atoms with E-state index in [1.807, 2.05) is 34.5 Å². The number of hydrogen-bond acceptors (Lipinski definition) is 3. The molecule has 18 heavy (non-hydrogen) atoms. The first-order chi connectivity index (χ1) is 8.75. The minimum atomic E-state index is -0.528. The van der Waals surface area contributed by atoms with Crippen molar-refractivity contribution in [2.75, 3.05) is 0 Å². The molecule has 2 aromatic rings. The molecule has 0 aliphatic carbocycles. The lowest BCUT2D eigenvalue weighted by Gasteiger charge is -2.19. The van der Waals surface area contributed by atoms with E-state index in [1.165, 1.54) is 22.5 Å². The van der Waals surface area contributed by atoms with Gasteiger partial charge >= 0.3 is 0 Å². The number of nitrogens with two attached hydrogens (primary N) is 1. The van der Waals surface area contributed by atoms with Crippen molar-refractivity contribution in [1.82, 2.24) is 4.90 Å². The van der Waals surface area contributed by atoms with Gasteiger partial charge in [0.15, 0.2) is 0 Å². The number of thiophene rings is 1. The lowest BCUT2D eigenvalue weighted by atomic mass is 10.1. The van der Waals surface area contributed by atoms with Crippen LogP contribution in [0.3, 0.4) is 0 Å². The first-order valence-corrected chi connectivity index (χ1v) is 6.78. The third-order valence-corrected chi connectivity index (χ3v) is 4.22. The summed E-state index contributed by atoms with van der Waals surface area (Å²) in [6.45, 7) is 1.35. The molecule has 1 aromatic carbocycles. The van der Waals surface area contributed by atoms with Crippen LogP contribution >= 0.6 is 11.3 Å². The van der Waals surface area contributed by atoms with Crippen molar-refractivity contribution in [1.29, 1.82) is 0 Å². The molecule has 0 spiro atoms. The highest BCUT2D eigenvalue weighted by Crippen LogP contribution is 2.26. The van der Waals surface area contributed by atoms with Crippen molar-refractivity contribution in [2.45, 2.75) is 19.1 Å². The lowest BCUT2D eigenvalue weighted by Crippen LogP contribution is -2.34. The van der Waals surface area contributed by atoms with Gasteiger partial charge in [0, 0.05) is 18.0 Å². The van der Waals surface area contributed by atoms with E-state index in [0.29, 0.717) is 13.1 Å². The third kappa shape index (κ3) is 1.94. The summed E-state index contributed by atoms with van der Waals surface area (Å²) in [7, 11) is 0. The van der Waals surface area contributed by atoms with E-state index in [4.69, 9.17) is 5.73 Å². The molecule has 0 saturated carbocycles. The van der Waals surface area contributed by atoms with Crippen molar-refractivity contribution in [3.05, 3.63) is 57.8 Å². The van der Waals surface area contributed by atoms with Gasteiger partial charge in [0.05, 0.1) is 0 Å². The van der Waals surface area contributed by atoms with Gasteiger partial charge in [-0.05, 0) is 22.6 Å². The molecule has 1 unspecified atom stereocenters. The Labute approximate surface area is 110 Å². The lowest BCUT2D eigenvalue weighted by molar-refractivity contribution is -0.133. The third-order valence-electron chi connectivity index (χ3n) is 3.27. The molecular formula is C14H14N2OS. The summed E-state index contributed by atoms with van der Waals surface area (Å²) in [5.74, 6) is 0.00801. The first kappa shape index (κ1) is 11.4. The van der Waals surface area contributed by atoms with Gasteiger partial charge < -0.3 is 10.6 Å². The van der Waals surface area contributed by atoms with Crippen LogP contribution in [0.4, 0.5) is 0 Å². The highest BCUT2D eigenvalue weighted by Gasteiger charge is 2.27. The molecular weight excluding hydrogens is 244 g/mol. The Kier molecular flexibility index (Phi) is 2.89. The standard InChI is InChI=1S/C14H14N2OS/c15-13(12-6-3-7-18-12)14(17)16-8-10-4-1-2-5-11(10)9-16/h1-7,13H,8-9,15H2. The molecule has 1 aliphatic heterocycles. The number of amides is 1. The Morgan fingerprint density at radius 2 is 1.83 bits per heavy atom. The minimum Gasteiger partial charge on any atom is -0.332 e. The zero-order valence-electron chi connectivity index (χ0n) is 9.87. The van der Waals surface area contributed by atoms with Gasteiger partial charge in [-0.25, -0.2) is 0 Å². The molecule has 0 saturated heterocycles. The van der Waals surface area contributed by atoms with Crippen LogP contribution < -0.4 is 5.73 Å². The summed E-state index contributed by atoms with van der Waals surface area (Å²) in [5, 5.41) is 1.95. The molecule has 3 nitrogen and oxygen atoms in total. The second-order valence-corrected chi connectivity index (χ2v) is 5.44. The van der Waals surface area contributed by atoms with E-state index >= 15 is 0 Å². The number of nitrogens with zero attached hydrogens (tertiary/aromatic N) is 1. The summed E-state index contributed by atoms with van der Waals surface area (Å²) in [6.07, 6.45) is 0. The SMILES string of the molecule is NC(C(=O)N1Cc2ccccc2C1)c1cccs1. The number of carbonyl (C=O) groups excluding carboxylic acids is 1. The predicted molar refractivity (Wildman–Crippen MR) is 71.9 cm³/mol. The largest absolute Gasteiger partial charge is 0.332 e. The monoisotopic (exact) mass is 258 g/mol. The molecule has 4 heteroatoms. The molecule has 0 bridgehead atoms. The van der Waals surface area contributed by atoms with Crippen LogP contribution in [0, 0.1) is 0 Å². The number of fused-ring (bicyclic) bond motifs is 1. The van der Waals surface area contributed by atoms with Crippen LogP contribution in [0.2, 0.25) is 0 Å². The quantitative estimate of drug-likeness (QED) is 0.898. The van der Waals surface area contributed by atoms with Crippen molar-refractivity contribution < 1.29 is 4.79 Å². The van der Waals surface area contributed by atoms with E-state index in [2.05, 4.69) is 12.1 Å². The molecule has 0 radical (unpaired) electrons. The maximum absolute atomic E-state index is 12.3. The average Bonchev–Trinajstić information content (AvgIpc) is 3.05. The molecule has 1 amide bonds. The summed E-state index contributed by atoms with van der Waals surface area (Å²) in [4.78, 5) is 15.1. The van der Waals surface area contributed by atoms with E-state index < -0.39 is 6.04 Å². The summed E-state index contributed by atoms with van der Waals surface area (Å²) < 4.78 is 0. The Balaban J connectivity index is 1.76. The molecule has 1 aliphatic rings. The smallest absolute Gasteiger partial charge is 0.245 e. The van der Waals surface area contributed by atoms with Crippen LogP contribution in [0.1, 0.15) is 22.0 Å². The van der Waals surface area contributed by atoms with Crippen molar-refractivity contribution in [3.63, 3.8) is 0 Å². The van der Waals surface area contributed by atoms with Gasteiger partial charge in [0.1, 0.15) is 6.04 Å². The number of rotatable bonds is 2. The highest BCUT2D eigenvalue weighted by atomic mass is 32.1. The zero-order valence-corrected chi connectivity index (χ0v) is 10.7. The van der Waals surface area contributed by atoms with Gasteiger partial charge in [-0.2, -0.15) is 0 Å². The number of benzene rings is 1. The van der Waals surface area contributed by atoms with Crippen LogP contribution in [-0.4, -0.2) is 10.8 Å². The van der Waals surface area contributed by atoms with Crippen LogP contribution in [0.25, 0.3) is 0 Å². The number of carbonyl (C=O) groups is 1. The van der Waals surface area contributed by atoms with Gasteiger partial charge in [-0.1, -0.05) is 30.3 Å². The van der Waals surface area contributed by atoms with E-state index in [-0.39, 0.29) is 5.91 Å². The van der Waals surface area contributed by atoms with E-state index in [9.17, 15) is 4.79 Å². The first-order valence-electron chi connectivity index (χ1n) is 5.90. The molecule has 92 valence electrons. The van der Waals surface area contributed by atoms with Crippen LogP contribution in [0.5, 0.6) is 0 Å². The minimum absolute atomic E-state index is 0.00801. The Bertz CT molecular complexity index is 540. The fourth-order valence-corrected chi connectivity index (χ4v) is 2.99. The summed E-state index contributed by atoms with van der Waals surface area (Å²) in [5.41, 5.74) is 8.47. The van der Waals surface area contributed by atoms with Crippen LogP contribution in [-0.2, 0) is 17.9 Å². The van der Waals surface area contributed by atoms with Gasteiger partial charge in [0.25, 0.3) is 0 Å². The van der Waals surface area contributed by atoms with Gasteiger partial charge in [0.2, 0.25) is 5.91 Å². The Hall–Kier alpha value is -1.65. The summed E-state index contributed by atoms with van der Waals surface area (Å²) >= 11 is 1.53. The fraction of sp³-hybridized carbons (Fsp3) is 0.214. The Morgan fingerprint density at radius 3 is 2.39 bits per heavy atom. The molecule has 2 N–H and O–H groups in total. The molecule has 1 atom stereocenters. The van der Waals surface area contributed by atoms with E-state index in [0.717, 1.165) is 4.88 Å². The fourth-order valence-electron chi connectivity index (χ4n) is 2.28. The molecule has 2 heterocycles. The Morgan fingerprint density at radius 1 is 1.17 bits per heavy atom. The van der Waals surface area contributed by atoms with Crippen LogP contribution in [0.15, 0.2) is 41.8 Å². The molecule has 1 aromatic heterocycles. The average molecular weight is 258 g/mol. The second kappa shape index (κ2) is 4.55. The second-order valence-electron chi connectivity index (χ2n) is 4.46. The normalized spacial score (nSPS) is 15.5. The maximum atomic E-state index is 12.3. The topological polar surface area (TPSA) is 46.3 Å². The predicted octanol–water partition coefficient (Wildman–Crippen LogP) is 2.29. The maximum Gasteiger partial charge on any atom is 0.245 e. The van der Waals surface area contributed by atoms with E-state index in [1.54, 1.807) is 0 Å². The summed E-state index contributed by atoms with van der Waals surface area (Å²) in [6, 6.07) is 11.5.